The van der Waals surface area contributed by atoms with Crippen LogP contribution < -0.4 is 4.90 Å². The summed E-state index contributed by atoms with van der Waals surface area (Å²) < 4.78 is 37.8. The third kappa shape index (κ3) is 4.60. The zero-order valence-electron chi connectivity index (χ0n) is 14.2. The van der Waals surface area contributed by atoms with Crippen molar-refractivity contribution in [2.45, 2.75) is 25.1 Å². The Morgan fingerprint density at radius 3 is 2.38 bits per heavy atom. The normalized spacial score (nSPS) is 16.4. The van der Waals surface area contributed by atoms with Gasteiger partial charge in [-0.2, -0.15) is 13.2 Å². The number of rotatable bonds is 4. The second-order valence-corrected chi connectivity index (χ2v) is 6.37. The molecule has 1 aromatic carbocycles. The number of likely N-dealkylation sites (tertiary alicyclic amines) is 1. The van der Waals surface area contributed by atoms with Crippen molar-refractivity contribution in [2.24, 2.45) is 0 Å². The van der Waals surface area contributed by atoms with Gasteiger partial charge in [0.05, 0.1) is 12.1 Å². The van der Waals surface area contributed by atoms with Crippen LogP contribution in [0.25, 0.3) is 0 Å². The van der Waals surface area contributed by atoms with Gasteiger partial charge in [0.2, 0.25) is 0 Å². The summed E-state index contributed by atoms with van der Waals surface area (Å²) in [5.41, 5.74) is 1.21. The number of benzene rings is 1. The summed E-state index contributed by atoms with van der Waals surface area (Å²) in [6.45, 7) is -0.275. The van der Waals surface area contributed by atoms with Crippen LogP contribution in [0.4, 0.5) is 18.9 Å². The van der Waals surface area contributed by atoms with Gasteiger partial charge in [-0.3, -0.25) is 14.7 Å². The zero-order chi connectivity index (χ0) is 18.6. The molecular weight excluding hydrogens is 343 g/mol. The van der Waals surface area contributed by atoms with Gasteiger partial charge >= 0.3 is 6.18 Å². The molecule has 26 heavy (non-hydrogen) atoms. The summed E-state index contributed by atoms with van der Waals surface area (Å²) >= 11 is 0. The number of para-hydroxylation sites is 1. The number of aromatic nitrogens is 1. The van der Waals surface area contributed by atoms with Gasteiger partial charge in [-0.15, -0.1) is 0 Å². The highest BCUT2D eigenvalue weighted by Gasteiger charge is 2.35. The van der Waals surface area contributed by atoms with E-state index in [1.54, 1.807) is 23.2 Å². The molecular formula is C19H20F3N3O. The van der Waals surface area contributed by atoms with E-state index in [2.05, 4.69) is 4.98 Å². The molecule has 138 valence electrons. The Balaban J connectivity index is 1.78. The molecule has 1 aromatic heterocycles. The van der Waals surface area contributed by atoms with Crippen LogP contribution in [-0.4, -0.2) is 47.6 Å². The molecule has 0 N–H and O–H groups in total. The van der Waals surface area contributed by atoms with Gasteiger partial charge in [0.15, 0.2) is 0 Å². The minimum Gasteiger partial charge on any atom is -0.305 e. The van der Waals surface area contributed by atoms with Crippen LogP contribution >= 0.6 is 0 Å². The second-order valence-electron chi connectivity index (χ2n) is 6.37. The number of hydrogen-bond donors (Lipinski definition) is 0. The van der Waals surface area contributed by atoms with Gasteiger partial charge in [0.1, 0.15) is 0 Å². The minimum absolute atomic E-state index is 0.144. The summed E-state index contributed by atoms with van der Waals surface area (Å²) in [6, 6.07) is 12.5. The van der Waals surface area contributed by atoms with Gasteiger partial charge < -0.3 is 4.90 Å². The Hall–Kier alpha value is -2.41. The van der Waals surface area contributed by atoms with Crippen molar-refractivity contribution >= 4 is 11.6 Å². The number of nitrogens with zero attached hydrogens (tertiary/aromatic N) is 3. The van der Waals surface area contributed by atoms with Crippen LogP contribution in [0, 0.1) is 0 Å². The predicted octanol–water partition coefficient (Wildman–Crippen LogP) is 3.76. The standard InChI is InChI=1S/C19H20F3N3O/c20-19(21,22)14-24-11-8-17(9-12-24)25(16-6-2-1-3-7-16)18(26)15-5-4-10-23-13-15/h1-7,10,13,17H,8-9,11-12,14H2. The quantitative estimate of drug-likeness (QED) is 0.830. The first kappa shape index (κ1) is 18.4. The van der Waals surface area contributed by atoms with Crippen LogP contribution in [0.1, 0.15) is 23.2 Å². The van der Waals surface area contributed by atoms with Gasteiger partial charge in [-0.25, -0.2) is 0 Å². The first-order valence-electron chi connectivity index (χ1n) is 8.52. The molecule has 0 atom stereocenters. The van der Waals surface area contributed by atoms with Crippen LogP contribution in [0.2, 0.25) is 0 Å². The van der Waals surface area contributed by atoms with E-state index < -0.39 is 12.7 Å². The van der Waals surface area contributed by atoms with Gasteiger partial charge in [-0.05, 0) is 37.1 Å². The first-order chi connectivity index (χ1) is 12.4. The summed E-state index contributed by atoms with van der Waals surface area (Å²) in [6.07, 6.45) is -0.0955. The first-order valence-corrected chi connectivity index (χ1v) is 8.52. The summed E-state index contributed by atoms with van der Waals surface area (Å²) in [7, 11) is 0. The van der Waals surface area contributed by atoms with Crippen molar-refractivity contribution < 1.29 is 18.0 Å². The van der Waals surface area contributed by atoms with Crippen molar-refractivity contribution in [3.05, 3.63) is 60.4 Å². The molecule has 0 radical (unpaired) electrons. The minimum atomic E-state index is -4.20. The van der Waals surface area contributed by atoms with Crippen LogP contribution in [0.5, 0.6) is 0 Å². The topological polar surface area (TPSA) is 36.4 Å². The molecule has 1 amide bonds. The molecule has 1 fully saturated rings. The Morgan fingerprint density at radius 2 is 1.81 bits per heavy atom. The molecule has 1 aliphatic rings. The number of halogens is 3. The van der Waals surface area contributed by atoms with Crippen molar-refractivity contribution in [1.29, 1.82) is 0 Å². The summed E-state index contributed by atoms with van der Waals surface area (Å²) in [4.78, 5) is 20.1. The fourth-order valence-electron chi connectivity index (χ4n) is 3.30. The monoisotopic (exact) mass is 363 g/mol. The molecule has 2 aromatic rings. The number of hydrogen-bond acceptors (Lipinski definition) is 3. The molecule has 0 spiro atoms. The lowest BCUT2D eigenvalue weighted by Gasteiger charge is -2.38. The van der Waals surface area contributed by atoms with Crippen molar-refractivity contribution in [3.8, 4) is 0 Å². The van der Waals surface area contributed by atoms with Crippen molar-refractivity contribution in [2.75, 3.05) is 24.5 Å². The lowest BCUT2D eigenvalue weighted by atomic mass is 10.0. The Kier molecular flexibility index (Phi) is 5.56. The Bertz CT molecular complexity index is 714. The fourth-order valence-corrected chi connectivity index (χ4v) is 3.30. The molecule has 2 heterocycles. The molecule has 3 rings (SSSR count). The third-order valence-electron chi connectivity index (χ3n) is 4.49. The second kappa shape index (κ2) is 7.86. The van der Waals surface area contributed by atoms with E-state index in [4.69, 9.17) is 0 Å². The SMILES string of the molecule is O=C(c1cccnc1)N(c1ccccc1)C1CCN(CC(F)(F)F)CC1. The molecule has 0 unspecified atom stereocenters. The van der Waals surface area contributed by atoms with Crippen LogP contribution in [0.15, 0.2) is 54.9 Å². The smallest absolute Gasteiger partial charge is 0.305 e. The molecule has 0 saturated carbocycles. The van der Waals surface area contributed by atoms with E-state index in [9.17, 15) is 18.0 Å². The number of amides is 1. The van der Waals surface area contributed by atoms with E-state index in [0.29, 0.717) is 31.5 Å². The average Bonchev–Trinajstić information content (AvgIpc) is 2.64. The highest BCUT2D eigenvalue weighted by molar-refractivity contribution is 6.06. The zero-order valence-corrected chi connectivity index (χ0v) is 14.2. The summed E-state index contributed by atoms with van der Waals surface area (Å²) in [5.74, 6) is -0.182. The number of carbonyl (C=O) groups excluding carboxylic acids is 1. The number of pyridine rings is 1. The highest BCUT2D eigenvalue weighted by atomic mass is 19.4. The maximum Gasteiger partial charge on any atom is 0.401 e. The van der Waals surface area contributed by atoms with Crippen molar-refractivity contribution in [3.63, 3.8) is 0 Å². The molecule has 1 saturated heterocycles. The largest absolute Gasteiger partial charge is 0.401 e. The predicted molar refractivity (Wildman–Crippen MR) is 93.0 cm³/mol. The summed E-state index contributed by atoms with van der Waals surface area (Å²) in [5, 5.41) is 0. The lowest BCUT2D eigenvalue weighted by Crippen LogP contribution is -2.49. The molecule has 1 aliphatic heterocycles. The van der Waals surface area contributed by atoms with E-state index in [0.717, 1.165) is 5.69 Å². The van der Waals surface area contributed by atoms with Gasteiger partial charge in [-0.1, -0.05) is 18.2 Å². The van der Waals surface area contributed by atoms with Crippen molar-refractivity contribution in [1.82, 2.24) is 9.88 Å². The van der Waals surface area contributed by atoms with E-state index in [1.165, 1.54) is 11.1 Å². The number of piperidine rings is 1. The Labute approximate surface area is 150 Å². The van der Waals surface area contributed by atoms with E-state index in [1.807, 2.05) is 30.3 Å². The highest BCUT2D eigenvalue weighted by Crippen LogP contribution is 2.27. The molecule has 4 nitrogen and oxygen atoms in total. The molecule has 0 bridgehead atoms. The van der Waals surface area contributed by atoms with Crippen LogP contribution in [-0.2, 0) is 0 Å². The third-order valence-corrected chi connectivity index (χ3v) is 4.49. The number of alkyl halides is 3. The lowest BCUT2D eigenvalue weighted by molar-refractivity contribution is -0.147. The van der Waals surface area contributed by atoms with Gasteiger partial charge in [0.25, 0.3) is 5.91 Å². The number of anilines is 1. The van der Waals surface area contributed by atoms with Crippen LogP contribution in [0.3, 0.4) is 0 Å². The average molecular weight is 363 g/mol. The maximum atomic E-state index is 13.0. The number of carbonyl (C=O) groups is 1. The maximum absolute atomic E-state index is 13.0. The molecule has 7 heteroatoms. The van der Waals surface area contributed by atoms with E-state index in [-0.39, 0.29) is 11.9 Å². The Morgan fingerprint density at radius 1 is 1.12 bits per heavy atom. The fraction of sp³-hybridized carbons (Fsp3) is 0.368. The van der Waals surface area contributed by atoms with Gasteiger partial charge in [0, 0.05) is 37.2 Å². The molecule has 0 aliphatic carbocycles. The van der Waals surface area contributed by atoms with E-state index >= 15 is 0 Å².